The van der Waals surface area contributed by atoms with Crippen molar-refractivity contribution in [1.29, 1.82) is 0 Å². The van der Waals surface area contributed by atoms with Crippen LogP contribution in [0.5, 0.6) is 0 Å². The number of aromatic amines is 1. The molecule has 0 unspecified atom stereocenters. The van der Waals surface area contributed by atoms with E-state index in [1.54, 1.807) is 11.8 Å². The highest BCUT2D eigenvalue weighted by Gasteiger charge is 1.93. The van der Waals surface area contributed by atoms with E-state index in [2.05, 4.69) is 16.9 Å². The molecule has 0 bridgehead atoms. The molecule has 0 fully saturated rings. The van der Waals surface area contributed by atoms with Crippen LogP contribution in [0.15, 0.2) is 22.1 Å². The molecule has 1 heterocycles. The van der Waals surface area contributed by atoms with E-state index in [4.69, 9.17) is 0 Å². The molecule has 0 spiro atoms. The lowest BCUT2D eigenvalue weighted by atomic mass is 10.4. The first-order chi connectivity index (χ1) is 5.83. The molecule has 1 aromatic heterocycles. The number of nitrogens with one attached hydrogen (secondary N) is 1. The van der Waals surface area contributed by atoms with Crippen molar-refractivity contribution in [2.75, 3.05) is 5.75 Å². The fourth-order valence-corrected chi connectivity index (χ4v) is 1.73. The number of unbranched alkanes of at least 4 members (excludes halogenated alkanes) is 1. The minimum atomic E-state index is -0.267. The molecule has 0 aliphatic carbocycles. The van der Waals surface area contributed by atoms with E-state index < -0.39 is 0 Å². The maximum absolute atomic E-state index is 10.7. The van der Waals surface area contributed by atoms with Crippen molar-refractivity contribution in [3.05, 3.63) is 22.7 Å². The number of thioether (sulfide) groups is 1. The van der Waals surface area contributed by atoms with Gasteiger partial charge in [-0.05, 0) is 18.2 Å². The smallest absolute Gasteiger partial charge is 0.300 e. The van der Waals surface area contributed by atoms with Crippen molar-refractivity contribution in [3.8, 4) is 0 Å². The first-order valence-electron chi connectivity index (χ1n) is 4.01. The second-order valence-electron chi connectivity index (χ2n) is 2.44. The van der Waals surface area contributed by atoms with Crippen molar-refractivity contribution >= 4 is 11.8 Å². The highest BCUT2D eigenvalue weighted by Crippen LogP contribution is 2.13. The Labute approximate surface area is 75.6 Å². The number of rotatable bonds is 4. The first kappa shape index (κ1) is 9.32. The molecule has 4 heteroatoms. The molecule has 0 amide bonds. The highest BCUT2D eigenvalue weighted by atomic mass is 32.2. The summed E-state index contributed by atoms with van der Waals surface area (Å²) in [5.74, 6) is 1.05. The van der Waals surface area contributed by atoms with Crippen molar-refractivity contribution in [1.82, 2.24) is 9.97 Å². The average molecular weight is 184 g/mol. The summed E-state index contributed by atoms with van der Waals surface area (Å²) in [6.45, 7) is 2.15. The lowest BCUT2D eigenvalue weighted by Gasteiger charge is -1.97. The molecule has 0 aliphatic rings. The Bertz CT molecular complexity index is 284. The molecule has 1 N–H and O–H groups in total. The van der Waals surface area contributed by atoms with E-state index in [1.165, 1.54) is 19.0 Å². The topological polar surface area (TPSA) is 45.8 Å². The van der Waals surface area contributed by atoms with Crippen LogP contribution in [0.2, 0.25) is 0 Å². The van der Waals surface area contributed by atoms with E-state index in [0.29, 0.717) is 0 Å². The number of hydrogen-bond acceptors (Lipinski definition) is 3. The molecular formula is C8H12N2OS. The molecule has 66 valence electrons. The summed E-state index contributed by atoms with van der Waals surface area (Å²) in [5, 5.41) is 0.906. The van der Waals surface area contributed by atoms with Gasteiger partial charge in [-0.1, -0.05) is 13.3 Å². The Balaban J connectivity index is 2.47. The molecule has 0 aromatic carbocycles. The fourth-order valence-electron chi connectivity index (χ4n) is 0.763. The van der Waals surface area contributed by atoms with Gasteiger partial charge in [0.15, 0.2) is 0 Å². The number of nitrogens with zero attached hydrogens (tertiary/aromatic N) is 1. The van der Waals surface area contributed by atoms with Gasteiger partial charge in [0.25, 0.3) is 0 Å². The normalized spacial score (nSPS) is 10.1. The zero-order valence-electron chi connectivity index (χ0n) is 7.04. The maximum atomic E-state index is 10.7. The largest absolute Gasteiger partial charge is 0.345 e. The van der Waals surface area contributed by atoms with Crippen molar-refractivity contribution in [3.63, 3.8) is 0 Å². The minimum absolute atomic E-state index is 0.267. The van der Waals surface area contributed by atoms with Crippen LogP contribution in [0.1, 0.15) is 19.8 Å². The molecule has 0 saturated carbocycles. The minimum Gasteiger partial charge on any atom is -0.300 e. The second-order valence-corrected chi connectivity index (χ2v) is 3.58. The maximum Gasteiger partial charge on any atom is 0.345 e. The monoisotopic (exact) mass is 184 g/mol. The van der Waals surface area contributed by atoms with Gasteiger partial charge in [0.2, 0.25) is 0 Å². The fraction of sp³-hybridized carbons (Fsp3) is 0.500. The summed E-state index contributed by atoms with van der Waals surface area (Å²) in [4.78, 5) is 16.9. The van der Waals surface area contributed by atoms with Crippen molar-refractivity contribution in [2.45, 2.75) is 24.8 Å². The Morgan fingerprint density at radius 2 is 2.50 bits per heavy atom. The van der Waals surface area contributed by atoms with Crippen LogP contribution < -0.4 is 5.69 Å². The van der Waals surface area contributed by atoms with E-state index in [9.17, 15) is 4.79 Å². The van der Waals surface area contributed by atoms with Gasteiger partial charge < -0.3 is 4.98 Å². The van der Waals surface area contributed by atoms with Crippen LogP contribution in [0, 0.1) is 0 Å². The van der Waals surface area contributed by atoms with Gasteiger partial charge in [0.1, 0.15) is 0 Å². The van der Waals surface area contributed by atoms with Gasteiger partial charge >= 0.3 is 5.69 Å². The Morgan fingerprint density at radius 1 is 1.67 bits per heavy atom. The molecule has 12 heavy (non-hydrogen) atoms. The predicted molar refractivity (Wildman–Crippen MR) is 50.5 cm³/mol. The Hall–Kier alpha value is -0.770. The van der Waals surface area contributed by atoms with Gasteiger partial charge in [-0.15, -0.1) is 11.8 Å². The van der Waals surface area contributed by atoms with Crippen LogP contribution in [-0.4, -0.2) is 15.7 Å². The lowest BCUT2D eigenvalue weighted by molar-refractivity contribution is 0.892. The Kier molecular flexibility index (Phi) is 3.87. The van der Waals surface area contributed by atoms with Crippen LogP contribution in [-0.2, 0) is 0 Å². The molecule has 1 rings (SSSR count). The Morgan fingerprint density at radius 3 is 3.17 bits per heavy atom. The number of hydrogen-bond donors (Lipinski definition) is 1. The lowest BCUT2D eigenvalue weighted by Crippen LogP contribution is -2.08. The van der Waals surface area contributed by atoms with Crippen molar-refractivity contribution in [2.24, 2.45) is 0 Å². The van der Waals surface area contributed by atoms with Crippen LogP contribution in [0.3, 0.4) is 0 Å². The average Bonchev–Trinajstić information content (AvgIpc) is 2.05. The molecular weight excluding hydrogens is 172 g/mol. The van der Waals surface area contributed by atoms with Crippen molar-refractivity contribution < 1.29 is 0 Å². The summed E-state index contributed by atoms with van der Waals surface area (Å²) in [7, 11) is 0. The van der Waals surface area contributed by atoms with E-state index in [0.717, 1.165) is 10.8 Å². The molecule has 0 aliphatic heterocycles. The summed E-state index contributed by atoms with van der Waals surface area (Å²) >= 11 is 1.66. The molecule has 3 nitrogen and oxygen atoms in total. The molecule has 0 radical (unpaired) electrons. The second kappa shape index (κ2) is 4.98. The molecule has 0 saturated heterocycles. The number of aromatic nitrogens is 2. The van der Waals surface area contributed by atoms with E-state index in [1.807, 2.05) is 6.07 Å². The quantitative estimate of drug-likeness (QED) is 0.440. The van der Waals surface area contributed by atoms with Gasteiger partial charge in [-0.25, -0.2) is 9.78 Å². The third-order valence-corrected chi connectivity index (χ3v) is 2.45. The standard InChI is InChI=1S/C8H12N2OS/c1-2-3-6-12-7-4-5-9-8(11)10-7/h4-5H,2-3,6H2,1H3,(H,9,10,11). The van der Waals surface area contributed by atoms with E-state index in [-0.39, 0.29) is 5.69 Å². The number of H-pyrrole nitrogens is 1. The van der Waals surface area contributed by atoms with Gasteiger partial charge in [0, 0.05) is 6.20 Å². The van der Waals surface area contributed by atoms with Crippen LogP contribution in [0.4, 0.5) is 0 Å². The highest BCUT2D eigenvalue weighted by molar-refractivity contribution is 7.99. The third kappa shape index (κ3) is 3.09. The van der Waals surface area contributed by atoms with Crippen LogP contribution in [0.25, 0.3) is 0 Å². The predicted octanol–water partition coefficient (Wildman–Crippen LogP) is 1.66. The van der Waals surface area contributed by atoms with E-state index >= 15 is 0 Å². The molecule has 1 aromatic rings. The summed E-state index contributed by atoms with van der Waals surface area (Å²) < 4.78 is 0. The summed E-state index contributed by atoms with van der Waals surface area (Å²) in [6.07, 6.45) is 3.89. The van der Waals surface area contributed by atoms with Gasteiger partial charge in [0.05, 0.1) is 5.03 Å². The van der Waals surface area contributed by atoms with Gasteiger partial charge in [-0.2, -0.15) is 0 Å². The zero-order valence-corrected chi connectivity index (χ0v) is 7.86. The molecule has 0 atom stereocenters. The summed E-state index contributed by atoms with van der Waals surface area (Å²) in [6, 6.07) is 1.82. The van der Waals surface area contributed by atoms with Crippen LogP contribution >= 0.6 is 11.8 Å². The zero-order chi connectivity index (χ0) is 8.81. The van der Waals surface area contributed by atoms with Gasteiger partial charge in [-0.3, -0.25) is 0 Å². The third-order valence-electron chi connectivity index (χ3n) is 1.40. The SMILES string of the molecule is CCCCSc1ccnc(=O)[nH]1. The summed E-state index contributed by atoms with van der Waals surface area (Å²) in [5.41, 5.74) is -0.267. The first-order valence-corrected chi connectivity index (χ1v) is 4.99.